The molecule has 1 aliphatic rings. The zero-order valence-corrected chi connectivity index (χ0v) is 14.9. The molecule has 26 heavy (non-hydrogen) atoms. The number of hydrogen-bond donors (Lipinski definition) is 1. The molecule has 10 heteroatoms. The molecule has 0 saturated heterocycles. The molecule has 0 fully saturated rings. The SMILES string of the molecule is COc1ccc(OC)c2c1CN(c1nc3sccn3c1[N+](=O)[O-])C[C@@H]2O. The fraction of sp³-hybridized carbons (Fsp3) is 0.312. The number of anilines is 1. The summed E-state index contributed by atoms with van der Waals surface area (Å²) >= 11 is 1.32. The highest BCUT2D eigenvalue weighted by Crippen LogP contribution is 2.42. The van der Waals surface area contributed by atoms with Gasteiger partial charge in [-0.15, -0.1) is 0 Å². The van der Waals surface area contributed by atoms with Gasteiger partial charge in [-0.3, -0.25) is 0 Å². The zero-order chi connectivity index (χ0) is 18.4. The largest absolute Gasteiger partial charge is 0.496 e. The van der Waals surface area contributed by atoms with Gasteiger partial charge in [-0.25, -0.2) is 0 Å². The lowest BCUT2D eigenvalue weighted by molar-refractivity contribution is -0.389. The zero-order valence-electron chi connectivity index (χ0n) is 14.1. The number of methoxy groups -OCH3 is 2. The molecule has 1 aliphatic heterocycles. The number of fused-ring (bicyclic) bond motifs is 2. The summed E-state index contributed by atoms with van der Waals surface area (Å²) in [6.07, 6.45) is 0.732. The fourth-order valence-corrected chi connectivity index (χ4v) is 4.09. The number of nitrogens with zero attached hydrogens (tertiary/aromatic N) is 4. The summed E-state index contributed by atoms with van der Waals surface area (Å²) in [6.45, 7) is 0.487. The van der Waals surface area contributed by atoms with Gasteiger partial charge in [-0.1, -0.05) is 11.3 Å². The molecule has 136 valence electrons. The predicted octanol–water partition coefficient (Wildman–Crippen LogP) is 2.37. The second-order valence-corrected chi connectivity index (χ2v) is 6.70. The van der Waals surface area contributed by atoms with Gasteiger partial charge in [0.05, 0.1) is 20.8 Å². The summed E-state index contributed by atoms with van der Waals surface area (Å²) in [6, 6.07) is 3.50. The second kappa shape index (κ2) is 6.15. The maximum atomic E-state index is 11.6. The molecule has 3 heterocycles. The van der Waals surface area contributed by atoms with Crippen molar-refractivity contribution in [3.05, 3.63) is 45.0 Å². The Kier molecular flexibility index (Phi) is 3.93. The third kappa shape index (κ3) is 2.37. The van der Waals surface area contributed by atoms with E-state index in [9.17, 15) is 15.2 Å². The minimum absolute atomic E-state index is 0.112. The molecule has 0 spiro atoms. The number of nitro groups is 1. The van der Waals surface area contributed by atoms with Crippen LogP contribution < -0.4 is 14.4 Å². The Balaban J connectivity index is 1.84. The Morgan fingerprint density at radius 2 is 2.08 bits per heavy atom. The van der Waals surface area contributed by atoms with Gasteiger partial charge in [0.2, 0.25) is 5.82 Å². The quantitative estimate of drug-likeness (QED) is 0.551. The van der Waals surface area contributed by atoms with Gasteiger partial charge < -0.3 is 29.6 Å². The van der Waals surface area contributed by atoms with Crippen LogP contribution in [0.25, 0.3) is 4.96 Å². The first kappa shape index (κ1) is 16.6. The molecule has 0 unspecified atom stereocenters. The van der Waals surface area contributed by atoms with Crippen molar-refractivity contribution >= 4 is 27.9 Å². The van der Waals surface area contributed by atoms with Crippen LogP contribution in [0.4, 0.5) is 11.6 Å². The number of benzene rings is 1. The van der Waals surface area contributed by atoms with Crippen molar-refractivity contribution in [1.29, 1.82) is 0 Å². The predicted molar refractivity (Wildman–Crippen MR) is 95.3 cm³/mol. The van der Waals surface area contributed by atoms with Crippen LogP contribution in [0.15, 0.2) is 23.7 Å². The average Bonchev–Trinajstić information content (AvgIpc) is 3.21. The van der Waals surface area contributed by atoms with E-state index < -0.39 is 11.0 Å². The van der Waals surface area contributed by atoms with Crippen molar-refractivity contribution in [2.45, 2.75) is 12.6 Å². The Morgan fingerprint density at radius 1 is 1.35 bits per heavy atom. The van der Waals surface area contributed by atoms with Crippen LogP contribution in [0.2, 0.25) is 0 Å². The van der Waals surface area contributed by atoms with Crippen LogP contribution in [0.3, 0.4) is 0 Å². The maximum absolute atomic E-state index is 11.6. The summed E-state index contributed by atoms with van der Waals surface area (Å²) < 4.78 is 12.2. The molecule has 9 nitrogen and oxygen atoms in total. The van der Waals surface area contributed by atoms with Crippen LogP contribution >= 0.6 is 11.3 Å². The Morgan fingerprint density at radius 3 is 2.77 bits per heavy atom. The minimum atomic E-state index is -0.886. The monoisotopic (exact) mass is 376 g/mol. The minimum Gasteiger partial charge on any atom is -0.496 e. The lowest BCUT2D eigenvalue weighted by Crippen LogP contribution is -2.34. The molecule has 0 amide bonds. The molecule has 2 aromatic heterocycles. The number of aliphatic hydroxyl groups is 1. The number of thiazole rings is 1. The van der Waals surface area contributed by atoms with Gasteiger partial charge in [0.15, 0.2) is 0 Å². The highest BCUT2D eigenvalue weighted by atomic mass is 32.1. The van der Waals surface area contributed by atoms with E-state index in [0.717, 1.165) is 5.56 Å². The first-order valence-electron chi connectivity index (χ1n) is 7.81. The Hall–Kier alpha value is -2.85. The van der Waals surface area contributed by atoms with E-state index in [0.29, 0.717) is 28.6 Å². The highest BCUT2D eigenvalue weighted by Gasteiger charge is 2.35. The molecule has 0 radical (unpaired) electrons. The summed E-state index contributed by atoms with van der Waals surface area (Å²) in [4.78, 5) is 17.8. The lowest BCUT2D eigenvalue weighted by Gasteiger charge is -2.33. The molecule has 4 rings (SSSR count). The van der Waals surface area contributed by atoms with Gasteiger partial charge in [-0.05, 0) is 17.1 Å². The number of aliphatic hydroxyl groups excluding tert-OH is 1. The molecule has 0 bridgehead atoms. The first-order chi connectivity index (χ1) is 12.5. The topological polar surface area (TPSA) is 102 Å². The molecule has 0 saturated carbocycles. The van der Waals surface area contributed by atoms with Crippen LogP contribution in [0.5, 0.6) is 11.5 Å². The van der Waals surface area contributed by atoms with Gasteiger partial charge >= 0.3 is 5.82 Å². The number of β-amino-alcohol motifs (C(OH)–C–C–N with tert-alkyl or cyclic N) is 1. The van der Waals surface area contributed by atoms with Gasteiger partial charge in [0.1, 0.15) is 23.8 Å². The van der Waals surface area contributed by atoms with E-state index in [4.69, 9.17) is 9.47 Å². The first-order valence-corrected chi connectivity index (χ1v) is 8.69. The summed E-state index contributed by atoms with van der Waals surface area (Å²) in [5.74, 6) is 1.27. The van der Waals surface area contributed by atoms with Crippen molar-refractivity contribution in [3.8, 4) is 11.5 Å². The highest BCUT2D eigenvalue weighted by molar-refractivity contribution is 7.15. The van der Waals surface area contributed by atoms with Crippen molar-refractivity contribution < 1.29 is 19.5 Å². The molecule has 1 aromatic carbocycles. The van der Waals surface area contributed by atoms with Gasteiger partial charge in [0, 0.05) is 23.1 Å². The van der Waals surface area contributed by atoms with Crippen molar-refractivity contribution in [3.63, 3.8) is 0 Å². The van der Waals surface area contributed by atoms with E-state index >= 15 is 0 Å². The van der Waals surface area contributed by atoms with E-state index in [-0.39, 0.29) is 18.2 Å². The number of imidazole rings is 1. The molecular formula is C16H16N4O5S. The van der Waals surface area contributed by atoms with E-state index in [1.54, 1.807) is 35.7 Å². The van der Waals surface area contributed by atoms with Gasteiger partial charge in [-0.2, -0.15) is 9.38 Å². The molecule has 0 aliphatic carbocycles. The third-order valence-electron chi connectivity index (χ3n) is 4.48. The van der Waals surface area contributed by atoms with Gasteiger partial charge in [0.25, 0.3) is 4.96 Å². The molecule has 1 N–H and O–H groups in total. The number of rotatable bonds is 4. The number of hydrogen-bond acceptors (Lipinski definition) is 8. The van der Waals surface area contributed by atoms with Crippen LogP contribution in [0, 0.1) is 10.1 Å². The van der Waals surface area contributed by atoms with Crippen molar-refractivity contribution in [2.75, 3.05) is 25.7 Å². The molecule has 3 aromatic rings. The lowest BCUT2D eigenvalue weighted by atomic mass is 9.95. The van der Waals surface area contributed by atoms with E-state index in [2.05, 4.69) is 4.98 Å². The van der Waals surface area contributed by atoms with Crippen molar-refractivity contribution in [2.24, 2.45) is 0 Å². The summed E-state index contributed by atoms with van der Waals surface area (Å²) in [5, 5.41) is 24.0. The summed E-state index contributed by atoms with van der Waals surface area (Å²) in [5.41, 5.74) is 1.38. The molecular weight excluding hydrogens is 360 g/mol. The molecule has 1 atom stereocenters. The van der Waals surface area contributed by atoms with E-state index in [1.807, 2.05) is 0 Å². The second-order valence-electron chi connectivity index (χ2n) is 5.83. The number of aromatic nitrogens is 2. The average molecular weight is 376 g/mol. The summed E-state index contributed by atoms with van der Waals surface area (Å²) in [7, 11) is 3.08. The van der Waals surface area contributed by atoms with Crippen LogP contribution in [0.1, 0.15) is 17.2 Å². The number of ether oxygens (including phenoxy) is 2. The normalized spacial score (nSPS) is 16.6. The third-order valence-corrected chi connectivity index (χ3v) is 5.24. The van der Waals surface area contributed by atoms with Crippen LogP contribution in [-0.4, -0.2) is 40.2 Å². The fourth-order valence-electron chi connectivity index (χ4n) is 3.38. The van der Waals surface area contributed by atoms with E-state index in [1.165, 1.54) is 22.8 Å². The Labute approximate surface area is 152 Å². The standard InChI is InChI=1S/C16H16N4O5S/c1-24-11-3-4-12(25-2)13-9(11)7-18(8-10(13)21)14-15(20(22)23)19-5-6-26-16(19)17-14/h3-6,10,21H,7-8H2,1-2H3/t10-/m0/s1. The van der Waals surface area contributed by atoms with Crippen LogP contribution in [-0.2, 0) is 6.54 Å². The smallest absolute Gasteiger partial charge is 0.373 e. The maximum Gasteiger partial charge on any atom is 0.373 e. The van der Waals surface area contributed by atoms with Crippen molar-refractivity contribution in [1.82, 2.24) is 9.38 Å². The Bertz CT molecular complexity index is 998.